The molecule has 1 rings (SSSR count). The van der Waals surface area contributed by atoms with Crippen LogP contribution >= 0.6 is 0 Å². The lowest BCUT2D eigenvalue weighted by molar-refractivity contribution is -0.450. The average Bonchev–Trinajstić information content (AvgIpc) is 2.24. The Morgan fingerprint density at radius 2 is 1.82 bits per heavy atom. The van der Waals surface area contributed by atoms with E-state index < -0.39 is 0 Å². The molecule has 0 aromatic carbocycles. The zero-order valence-corrected chi connectivity index (χ0v) is 12.0. The van der Waals surface area contributed by atoms with Crippen molar-refractivity contribution in [1.29, 1.82) is 0 Å². The number of rotatable bonds is 2. The first kappa shape index (κ1) is 15.7. The Kier molecular flexibility index (Phi) is 6.55. The third-order valence-corrected chi connectivity index (χ3v) is 1.76. The number of ketones is 1. The van der Waals surface area contributed by atoms with E-state index in [1.165, 1.54) is 0 Å². The van der Waals surface area contributed by atoms with E-state index in [2.05, 4.69) is 6.58 Å². The maximum atomic E-state index is 5.74. The highest BCUT2D eigenvalue weighted by Crippen LogP contribution is 2.19. The lowest BCUT2D eigenvalue weighted by atomic mass is 10.1. The monoisotopic (exact) mass is 237 g/mol. The molecule has 0 atom stereocenters. The first-order valence-electron chi connectivity index (χ1n) is 6.20. The van der Waals surface area contributed by atoms with Crippen LogP contribution in [0.3, 0.4) is 0 Å². The van der Waals surface area contributed by atoms with Gasteiger partial charge in [0.15, 0.2) is 0 Å². The van der Waals surface area contributed by atoms with Gasteiger partial charge in [0.05, 0.1) is 11.6 Å². The van der Waals surface area contributed by atoms with Crippen molar-refractivity contribution in [3.8, 4) is 0 Å². The predicted octanol–water partition coefficient (Wildman–Crippen LogP) is 3.96. The molecule has 0 saturated heterocycles. The van der Waals surface area contributed by atoms with Crippen molar-refractivity contribution >= 4 is 5.78 Å². The van der Waals surface area contributed by atoms with Crippen molar-refractivity contribution in [3.05, 3.63) is 36.1 Å². The topological polar surface area (TPSA) is 20.5 Å². The second-order valence-electron chi connectivity index (χ2n) is 4.42. The molecule has 0 aliphatic heterocycles. The van der Waals surface area contributed by atoms with Gasteiger partial charge in [-0.2, -0.15) is 0 Å². The molecule has 0 heterocycles. The van der Waals surface area contributed by atoms with E-state index in [9.17, 15) is 0 Å². The molecular weight excluding hydrogens is 212 g/mol. The normalized spacial score (nSPS) is 17.4. The summed E-state index contributed by atoms with van der Waals surface area (Å²) in [5.74, 6) is 1.61. The van der Waals surface area contributed by atoms with Crippen LogP contribution in [0.4, 0.5) is 0 Å². The van der Waals surface area contributed by atoms with Gasteiger partial charge in [-0.25, -0.2) is 0 Å². The maximum absolute atomic E-state index is 5.74. The van der Waals surface area contributed by atoms with Gasteiger partial charge in [0.2, 0.25) is 0 Å². The molecule has 0 aromatic rings. The van der Waals surface area contributed by atoms with Gasteiger partial charge in [0, 0.05) is 6.92 Å². The van der Waals surface area contributed by atoms with Crippen LogP contribution in [-0.4, -0.2) is 18.0 Å². The van der Waals surface area contributed by atoms with E-state index in [0.29, 0.717) is 6.61 Å². The molecule has 2 heteroatoms. The molecule has 96 valence electrons. The zero-order valence-electron chi connectivity index (χ0n) is 12.0. The molecule has 0 spiro atoms. The lowest BCUT2D eigenvalue weighted by Gasteiger charge is -2.22. The fourth-order valence-corrected chi connectivity index (χ4v) is 1.24. The summed E-state index contributed by atoms with van der Waals surface area (Å²) in [6, 6.07) is 0. The highest BCUT2D eigenvalue weighted by molar-refractivity contribution is 6.07. The van der Waals surface area contributed by atoms with Crippen molar-refractivity contribution in [2.75, 3.05) is 6.61 Å². The number of allylic oxidation sites excluding steroid dienone is 4. The van der Waals surface area contributed by atoms with Gasteiger partial charge >= 0.3 is 5.78 Å². The van der Waals surface area contributed by atoms with Crippen LogP contribution in [-0.2, 0) is 9.16 Å². The zero-order chi connectivity index (χ0) is 13.5. The Labute approximate surface area is 105 Å². The van der Waals surface area contributed by atoms with E-state index in [1.54, 1.807) is 0 Å². The van der Waals surface area contributed by atoms with Gasteiger partial charge in [-0.3, -0.25) is 4.42 Å². The van der Waals surface area contributed by atoms with E-state index >= 15 is 0 Å². The number of hydrogen-bond donors (Lipinski definition) is 0. The first-order valence-corrected chi connectivity index (χ1v) is 6.20. The van der Waals surface area contributed by atoms with Gasteiger partial charge in [0.1, 0.15) is 11.4 Å². The minimum absolute atomic E-state index is 0.188. The largest absolute Gasteiger partial charge is 0.488 e. The SMILES string of the molecule is C=C1C=CC(OC(C)(C)C)=CC1=[O+]CC.CC. The Balaban J connectivity index is 0.00000121. The predicted molar refractivity (Wildman–Crippen MR) is 74.1 cm³/mol. The van der Waals surface area contributed by atoms with Gasteiger partial charge in [-0.15, -0.1) is 0 Å². The summed E-state index contributed by atoms with van der Waals surface area (Å²) in [6.45, 7) is 16.5. The number of hydrogen-bond acceptors (Lipinski definition) is 1. The van der Waals surface area contributed by atoms with Crippen LogP contribution in [0.15, 0.2) is 36.1 Å². The van der Waals surface area contributed by atoms with Crippen molar-refractivity contribution in [2.45, 2.75) is 47.1 Å². The van der Waals surface area contributed by atoms with Crippen molar-refractivity contribution in [1.82, 2.24) is 0 Å². The summed E-state index contributed by atoms with van der Waals surface area (Å²) in [7, 11) is 0. The van der Waals surface area contributed by atoms with Crippen molar-refractivity contribution in [2.24, 2.45) is 0 Å². The Bertz CT molecular complexity index is 338. The highest BCUT2D eigenvalue weighted by atomic mass is 16.5. The summed E-state index contributed by atoms with van der Waals surface area (Å²) in [4.78, 5) is 0. The van der Waals surface area contributed by atoms with Crippen LogP contribution in [0.25, 0.3) is 0 Å². The molecule has 1 aliphatic carbocycles. The number of carbonyl (C=O) groups excluding carboxylic acids is 1. The highest BCUT2D eigenvalue weighted by Gasteiger charge is 2.20. The molecule has 0 aromatic heterocycles. The third-order valence-electron chi connectivity index (χ3n) is 1.76. The molecule has 0 unspecified atom stereocenters. The van der Waals surface area contributed by atoms with Crippen LogP contribution < -0.4 is 0 Å². The minimum atomic E-state index is -0.188. The van der Waals surface area contributed by atoms with Crippen LogP contribution in [0, 0.1) is 0 Å². The third kappa shape index (κ3) is 6.10. The van der Waals surface area contributed by atoms with Gasteiger partial charge in [-0.05, 0) is 32.9 Å². The van der Waals surface area contributed by atoms with Crippen molar-refractivity contribution < 1.29 is 9.16 Å². The first-order chi connectivity index (χ1) is 7.92. The molecule has 0 amide bonds. The summed E-state index contributed by atoms with van der Waals surface area (Å²) in [5.41, 5.74) is 0.699. The van der Waals surface area contributed by atoms with Gasteiger partial charge < -0.3 is 4.74 Å². The second kappa shape index (κ2) is 7.10. The van der Waals surface area contributed by atoms with E-state index in [4.69, 9.17) is 9.16 Å². The van der Waals surface area contributed by atoms with Gasteiger partial charge in [0.25, 0.3) is 6.61 Å². The quantitative estimate of drug-likeness (QED) is 0.526. The molecule has 2 nitrogen and oxygen atoms in total. The van der Waals surface area contributed by atoms with E-state index in [-0.39, 0.29) is 5.60 Å². The van der Waals surface area contributed by atoms with Crippen LogP contribution in [0.5, 0.6) is 0 Å². The molecular formula is C15H25O2+. The Morgan fingerprint density at radius 3 is 2.29 bits per heavy atom. The molecule has 17 heavy (non-hydrogen) atoms. The minimum Gasteiger partial charge on any atom is -0.488 e. The second-order valence-corrected chi connectivity index (χ2v) is 4.42. The smallest absolute Gasteiger partial charge is 0.353 e. The molecule has 0 N–H and O–H groups in total. The summed E-state index contributed by atoms with van der Waals surface area (Å²) in [6.07, 6.45) is 5.71. The van der Waals surface area contributed by atoms with Gasteiger partial charge in [-0.1, -0.05) is 20.4 Å². The van der Waals surface area contributed by atoms with E-state index in [0.717, 1.165) is 17.1 Å². The number of ether oxygens (including phenoxy) is 1. The molecule has 0 saturated carbocycles. The lowest BCUT2D eigenvalue weighted by Crippen LogP contribution is -2.20. The van der Waals surface area contributed by atoms with Crippen molar-refractivity contribution in [3.63, 3.8) is 0 Å². The molecule has 0 bridgehead atoms. The van der Waals surface area contributed by atoms with Crippen LogP contribution in [0.2, 0.25) is 0 Å². The van der Waals surface area contributed by atoms with Crippen LogP contribution in [0.1, 0.15) is 41.5 Å². The summed E-state index contributed by atoms with van der Waals surface area (Å²) >= 11 is 0. The fourth-order valence-electron chi connectivity index (χ4n) is 1.24. The Hall–Kier alpha value is -1.31. The maximum Gasteiger partial charge on any atom is 0.353 e. The summed E-state index contributed by atoms with van der Waals surface area (Å²) in [5, 5.41) is 0. The molecule has 0 fully saturated rings. The standard InChI is InChI=1S/C13H19O2.C2H6/c1-6-14-12-9-11(8-7-10(12)2)15-13(3,4)5;1-2/h7-9H,2,6H2,1,3-5H3;1-2H3/q+1;. The fraction of sp³-hybridized carbons (Fsp3) is 0.533. The van der Waals surface area contributed by atoms with E-state index in [1.807, 2.05) is 59.8 Å². The summed E-state index contributed by atoms with van der Waals surface area (Å²) < 4.78 is 11.2. The average molecular weight is 237 g/mol. The Morgan fingerprint density at radius 1 is 1.24 bits per heavy atom. The molecule has 1 aliphatic rings. The molecule has 0 radical (unpaired) electrons.